The van der Waals surface area contributed by atoms with Gasteiger partial charge < -0.3 is 29.0 Å². The van der Waals surface area contributed by atoms with Crippen molar-refractivity contribution in [3.63, 3.8) is 0 Å². The van der Waals surface area contributed by atoms with Crippen LogP contribution in [-0.2, 0) is 14.2 Å². The van der Waals surface area contributed by atoms with Gasteiger partial charge in [0.25, 0.3) is 0 Å². The number of benzene rings is 2. The summed E-state index contributed by atoms with van der Waals surface area (Å²) in [6.45, 7) is -0.794. The number of ether oxygens (including phenoxy) is 5. The van der Waals surface area contributed by atoms with E-state index in [2.05, 4.69) is 31.2 Å². The third-order valence-corrected chi connectivity index (χ3v) is 7.51. The number of halogens is 5. The van der Waals surface area contributed by atoms with E-state index in [-0.39, 0.29) is 12.4 Å². The van der Waals surface area contributed by atoms with Crippen LogP contribution in [0.2, 0.25) is 5.02 Å². The maximum absolute atomic E-state index is 13.8. The second-order valence-electron chi connectivity index (χ2n) is 8.27. The molecule has 2 fully saturated rings. The molecule has 2 aliphatic rings. The topological polar surface area (TPSA) is 84.0 Å². The number of hydrogen-bond acceptors (Lipinski definition) is 8. The molecule has 4 atom stereocenters. The molecule has 192 valence electrons. The van der Waals surface area contributed by atoms with Crippen molar-refractivity contribution in [3.8, 4) is 11.5 Å². The lowest BCUT2D eigenvalue weighted by Crippen LogP contribution is -2.56. The molecule has 0 spiro atoms. The second-order valence-corrected chi connectivity index (χ2v) is 9.54. The van der Waals surface area contributed by atoms with E-state index in [0.29, 0.717) is 33.2 Å². The van der Waals surface area contributed by atoms with Gasteiger partial charge in [-0.3, -0.25) is 0 Å². The Hall–Kier alpha value is -2.38. The number of aromatic nitrogens is 2. The third-order valence-electron chi connectivity index (χ3n) is 6.28. The second kappa shape index (κ2) is 9.49. The van der Waals surface area contributed by atoms with Crippen molar-refractivity contribution in [2.24, 2.45) is 0 Å². The van der Waals surface area contributed by atoms with E-state index in [1.807, 2.05) is 6.07 Å². The fourth-order valence-electron chi connectivity index (χ4n) is 4.40. The highest BCUT2D eigenvalue weighted by Crippen LogP contribution is 2.47. The number of anilines is 2. The van der Waals surface area contributed by atoms with Crippen molar-refractivity contribution in [2.45, 2.75) is 30.1 Å². The number of nitrogens with zero attached hydrogens (tertiary/aromatic N) is 2. The maximum Gasteiger partial charge on any atom is 0.422 e. The van der Waals surface area contributed by atoms with E-state index in [1.165, 1.54) is 13.4 Å². The molecule has 0 aliphatic carbocycles. The number of rotatable bonds is 6. The summed E-state index contributed by atoms with van der Waals surface area (Å²) in [5.74, 6) is 1.12. The van der Waals surface area contributed by atoms with Crippen LogP contribution in [0, 0.1) is 0 Å². The lowest BCUT2D eigenvalue weighted by Gasteiger charge is -2.32. The van der Waals surface area contributed by atoms with E-state index in [1.54, 1.807) is 24.3 Å². The number of hydrogen-bond donors (Lipinski definition) is 1. The number of methoxy groups -OCH3 is 2. The smallest absolute Gasteiger partial charge is 0.422 e. The first-order valence-electron chi connectivity index (χ1n) is 10.7. The number of alkyl halides is 3. The first kappa shape index (κ1) is 25.3. The van der Waals surface area contributed by atoms with Crippen LogP contribution in [0.15, 0.2) is 41.1 Å². The molecule has 0 radical (unpaired) electrons. The first-order valence-corrected chi connectivity index (χ1v) is 11.9. The van der Waals surface area contributed by atoms with Crippen LogP contribution in [0.4, 0.5) is 24.7 Å². The fraction of sp³-hybridized carbons (Fsp3) is 0.391. The molecule has 13 heteroatoms. The molecule has 8 nitrogen and oxygen atoms in total. The summed E-state index contributed by atoms with van der Waals surface area (Å²) in [5.41, 5.74) is -1.32. The molecule has 0 amide bonds. The highest BCUT2D eigenvalue weighted by atomic mass is 79.9. The molecule has 0 saturated carbocycles. The summed E-state index contributed by atoms with van der Waals surface area (Å²) in [4.78, 5) is 8.63. The van der Waals surface area contributed by atoms with Gasteiger partial charge in [-0.2, -0.15) is 13.2 Å². The summed E-state index contributed by atoms with van der Waals surface area (Å²) in [6.07, 6.45) is -6.43. The normalized spacial score (nSPS) is 25.7. The van der Waals surface area contributed by atoms with Crippen LogP contribution in [0.25, 0.3) is 10.9 Å². The van der Waals surface area contributed by atoms with Gasteiger partial charge in [-0.1, -0.05) is 11.6 Å². The van der Waals surface area contributed by atoms with Crippen molar-refractivity contribution in [3.05, 3.63) is 46.2 Å². The van der Waals surface area contributed by atoms with Crippen LogP contribution in [-0.4, -0.2) is 67.5 Å². The van der Waals surface area contributed by atoms with Gasteiger partial charge in [-0.05, 0) is 40.2 Å². The Morgan fingerprint density at radius 3 is 2.64 bits per heavy atom. The first-order chi connectivity index (χ1) is 17.2. The zero-order valence-corrected chi connectivity index (χ0v) is 21.3. The molecule has 0 bridgehead atoms. The standard InChI is InChI=1S/C23H20BrClF3N3O5/c1-32-16-6-12-15(29-10-30-21(12)31-11-3-4-13(24)14(25)5-11)7-17(16)36-18-8-34-20-19(18)35-9-22(20,33-2)23(26,27)28/h3-7,10,18-20H,8-9H2,1-2H3,(H,29,30,31)/t18-,19-,20-,22+/m1/s1. The van der Waals surface area contributed by atoms with Crippen LogP contribution in [0.1, 0.15) is 0 Å². The molecule has 1 N–H and O–H groups in total. The Morgan fingerprint density at radius 2 is 1.94 bits per heavy atom. The quantitative estimate of drug-likeness (QED) is 0.415. The van der Waals surface area contributed by atoms with Crippen molar-refractivity contribution in [2.75, 3.05) is 32.8 Å². The predicted molar refractivity (Wildman–Crippen MR) is 128 cm³/mol. The highest BCUT2D eigenvalue weighted by molar-refractivity contribution is 9.10. The van der Waals surface area contributed by atoms with Gasteiger partial charge in [-0.15, -0.1) is 0 Å². The minimum absolute atomic E-state index is 0.112. The molecule has 2 saturated heterocycles. The maximum atomic E-state index is 13.8. The van der Waals surface area contributed by atoms with E-state index in [0.717, 1.165) is 11.6 Å². The molecule has 5 rings (SSSR count). The Labute approximate surface area is 217 Å². The largest absolute Gasteiger partial charge is 0.493 e. The molecule has 36 heavy (non-hydrogen) atoms. The van der Waals surface area contributed by atoms with Crippen LogP contribution in [0.3, 0.4) is 0 Å². The zero-order chi connectivity index (χ0) is 25.7. The minimum Gasteiger partial charge on any atom is -0.493 e. The molecule has 2 aliphatic heterocycles. The van der Waals surface area contributed by atoms with Crippen LogP contribution in [0.5, 0.6) is 11.5 Å². The Morgan fingerprint density at radius 1 is 1.14 bits per heavy atom. The van der Waals surface area contributed by atoms with E-state index in [9.17, 15) is 13.2 Å². The van der Waals surface area contributed by atoms with Crippen molar-refractivity contribution < 1.29 is 36.9 Å². The summed E-state index contributed by atoms with van der Waals surface area (Å²) in [5, 5.41) is 4.37. The Kier molecular flexibility index (Phi) is 6.66. The van der Waals surface area contributed by atoms with E-state index >= 15 is 0 Å². The number of nitrogens with one attached hydrogen (secondary N) is 1. The van der Waals surface area contributed by atoms with Crippen LogP contribution < -0.4 is 14.8 Å². The molecule has 0 unspecified atom stereocenters. The van der Waals surface area contributed by atoms with Crippen molar-refractivity contribution >= 4 is 49.9 Å². The highest BCUT2D eigenvalue weighted by Gasteiger charge is 2.70. The third kappa shape index (κ3) is 4.24. The van der Waals surface area contributed by atoms with Gasteiger partial charge in [0.1, 0.15) is 24.4 Å². The molecular weight excluding hydrogens is 571 g/mol. The minimum atomic E-state index is -4.67. The van der Waals surface area contributed by atoms with Crippen molar-refractivity contribution in [1.82, 2.24) is 9.97 Å². The van der Waals surface area contributed by atoms with Gasteiger partial charge in [-0.25, -0.2) is 9.97 Å². The van der Waals surface area contributed by atoms with Crippen molar-refractivity contribution in [1.29, 1.82) is 0 Å². The molecule has 3 heterocycles. The zero-order valence-electron chi connectivity index (χ0n) is 18.9. The van der Waals surface area contributed by atoms with E-state index in [4.69, 9.17) is 35.3 Å². The van der Waals surface area contributed by atoms with Gasteiger partial charge in [0, 0.05) is 28.7 Å². The number of fused-ring (bicyclic) bond motifs is 2. The predicted octanol–water partition coefficient (Wildman–Crippen LogP) is 5.29. The van der Waals surface area contributed by atoms with Crippen LogP contribution >= 0.6 is 27.5 Å². The lowest BCUT2D eigenvalue weighted by atomic mass is 9.95. The molecule has 3 aromatic rings. The fourth-order valence-corrected chi connectivity index (χ4v) is 4.83. The molecular formula is C23H20BrClF3N3O5. The van der Waals surface area contributed by atoms with Gasteiger partial charge in [0.2, 0.25) is 5.60 Å². The van der Waals surface area contributed by atoms with E-state index < -0.39 is 36.7 Å². The average molecular weight is 591 g/mol. The summed E-state index contributed by atoms with van der Waals surface area (Å²) >= 11 is 9.55. The SMILES string of the molecule is COc1cc2c(Nc3ccc(Br)c(Cl)c3)ncnc2cc1O[C@@H]1CO[C@@H]2[C@@H]1OC[C@@]2(OC)C(F)(F)F. The van der Waals surface area contributed by atoms with Gasteiger partial charge in [0.15, 0.2) is 17.6 Å². The average Bonchev–Trinajstić information content (AvgIpc) is 3.42. The van der Waals surface area contributed by atoms with Gasteiger partial charge >= 0.3 is 6.18 Å². The summed E-state index contributed by atoms with van der Waals surface area (Å²) in [7, 11) is 2.45. The monoisotopic (exact) mass is 589 g/mol. The van der Waals surface area contributed by atoms with Gasteiger partial charge in [0.05, 0.1) is 30.9 Å². The Bertz CT molecular complexity index is 1300. The Balaban J connectivity index is 1.43. The summed E-state index contributed by atoms with van der Waals surface area (Å²) in [6, 6.07) is 8.70. The summed E-state index contributed by atoms with van der Waals surface area (Å²) < 4.78 is 69.4. The lowest BCUT2D eigenvalue weighted by molar-refractivity contribution is -0.291. The molecule has 1 aromatic heterocycles. The molecule has 2 aromatic carbocycles.